The maximum atomic E-state index is 9.28. The van der Waals surface area contributed by atoms with Crippen LogP contribution in [-0.2, 0) is 0 Å². The highest BCUT2D eigenvalue weighted by atomic mass is 16.5. The smallest absolute Gasteiger partial charge is 0.168 e. The third kappa shape index (κ3) is 15.0. The molecule has 0 unspecified atom stereocenters. The molecule has 504 valence electrons. The van der Waals surface area contributed by atoms with Crippen LogP contribution in [-0.4, -0.2) is 94.0 Å². The summed E-state index contributed by atoms with van der Waals surface area (Å²) in [6.45, 7) is 20.6. The number of ether oxygens (including phenoxy) is 8. The Hall–Kier alpha value is -9.44. The van der Waals surface area contributed by atoms with Gasteiger partial charge in [0.15, 0.2) is 11.7 Å². The molecule has 10 rings (SSSR count). The first-order valence-electron chi connectivity index (χ1n) is 35.2. The van der Waals surface area contributed by atoms with E-state index in [1.807, 2.05) is 72.8 Å². The van der Waals surface area contributed by atoms with Crippen molar-refractivity contribution >= 4 is 102 Å². The lowest BCUT2D eigenvalue weighted by atomic mass is 9.96. The van der Waals surface area contributed by atoms with Crippen LogP contribution in [0.1, 0.15) is 192 Å². The van der Waals surface area contributed by atoms with Crippen molar-refractivity contribution in [2.45, 2.75) is 158 Å². The van der Waals surface area contributed by atoms with E-state index >= 15 is 0 Å². The topological polar surface area (TPSA) is 213 Å². The molecule has 96 heavy (non-hydrogen) atoms. The largest absolute Gasteiger partial charge is 0.492 e. The number of H-pyrrole nitrogens is 1. The van der Waals surface area contributed by atoms with Crippen LogP contribution in [0.5, 0.6) is 46.0 Å². The molecule has 0 saturated carbocycles. The number of aliphatic imine (C=N–C) groups is 4. The van der Waals surface area contributed by atoms with Crippen molar-refractivity contribution in [2.24, 2.45) is 25.7 Å². The van der Waals surface area contributed by atoms with Crippen LogP contribution in [0.15, 0.2) is 117 Å². The molecular formula is C80H96N8O8. The summed E-state index contributed by atoms with van der Waals surface area (Å²) in [5.74, 6) is 5.85. The van der Waals surface area contributed by atoms with Gasteiger partial charge in [0.25, 0.3) is 0 Å². The van der Waals surface area contributed by atoms with Gasteiger partial charge in [0, 0.05) is 72.9 Å². The quantitative estimate of drug-likeness (QED) is 0.0164. The van der Waals surface area contributed by atoms with Crippen LogP contribution in [0.3, 0.4) is 0 Å². The fourth-order valence-corrected chi connectivity index (χ4v) is 12.0. The first kappa shape index (κ1) is 69.4. The number of aromatic amines is 1. The zero-order valence-corrected chi connectivity index (χ0v) is 57.6. The Labute approximate surface area is 565 Å². The van der Waals surface area contributed by atoms with E-state index in [4.69, 9.17) is 69.0 Å². The summed E-state index contributed by atoms with van der Waals surface area (Å²) in [5.41, 5.74) is 9.90. The number of rotatable bonds is 38. The predicted octanol–water partition coefficient (Wildman–Crippen LogP) is 20.2. The van der Waals surface area contributed by atoms with Crippen molar-refractivity contribution in [2.75, 3.05) is 52.9 Å². The van der Waals surface area contributed by atoms with Gasteiger partial charge in [-0.2, -0.15) is 0 Å². The molecule has 0 spiro atoms. The summed E-state index contributed by atoms with van der Waals surface area (Å²) < 4.78 is 55.2. The van der Waals surface area contributed by atoms with Gasteiger partial charge in [0.1, 0.15) is 63.5 Å². The zero-order valence-electron chi connectivity index (χ0n) is 57.6. The number of nitrogen functional groups attached to an aromatic ring is 1. The molecular weight excluding hydrogens is 1200 g/mol. The molecule has 0 bridgehead atoms. The van der Waals surface area contributed by atoms with Gasteiger partial charge in [0.05, 0.1) is 85.9 Å². The van der Waals surface area contributed by atoms with E-state index in [2.05, 4.69) is 84.6 Å². The molecule has 1 aliphatic rings. The van der Waals surface area contributed by atoms with Gasteiger partial charge in [-0.25, -0.2) is 20.0 Å². The van der Waals surface area contributed by atoms with Gasteiger partial charge in [-0.05, 0) is 51.4 Å². The molecule has 8 aromatic carbocycles. The maximum absolute atomic E-state index is 9.28. The molecule has 0 amide bonds. The predicted molar refractivity (Wildman–Crippen MR) is 397 cm³/mol. The maximum Gasteiger partial charge on any atom is 0.168 e. The Balaban J connectivity index is 1.33. The number of amidine groups is 3. The Morgan fingerprint density at radius 3 is 1.10 bits per heavy atom. The van der Waals surface area contributed by atoms with Crippen molar-refractivity contribution in [3.05, 3.63) is 130 Å². The number of hydrogen-bond donors (Lipinski definition) is 4. The van der Waals surface area contributed by atoms with Crippen LogP contribution >= 0.6 is 0 Å². The van der Waals surface area contributed by atoms with E-state index in [1.165, 1.54) is 6.21 Å². The summed E-state index contributed by atoms with van der Waals surface area (Å²) in [7, 11) is 0. The molecule has 5 N–H and O–H groups in total. The molecule has 0 radical (unpaired) electrons. The highest BCUT2D eigenvalue weighted by Gasteiger charge is 2.35. The molecule has 0 aliphatic carbocycles. The van der Waals surface area contributed by atoms with Gasteiger partial charge in [-0.1, -0.05) is 204 Å². The lowest BCUT2D eigenvalue weighted by Gasteiger charge is -2.21. The van der Waals surface area contributed by atoms with E-state index in [-0.39, 0.29) is 5.84 Å². The average molecular weight is 1300 g/mol. The van der Waals surface area contributed by atoms with Crippen LogP contribution in [0.2, 0.25) is 0 Å². The number of nitrogens with zero attached hydrogens (tertiary/aromatic N) is 4. The van der Waals surface area contributed by atoms with E-state index < -0.39 is 0 Å². The van der Waals surface area contributed by atoms with Crippen LogP contribution < -0.4 is 43.6 Å². The van der Waals surface area contributed by atoms with Crippen molar-refractivity contribution in [3.8, 4) is 46.0 Å². The van der Waals surface area contributed by atoms with Gasteiger partial charge in [-0.3, -0.25) is 5.41 Å². The average Bonchev–Trinajstić information content (AvgIpc) is 1.51. The molecule has 0 fully saturated rings. The first-order valence-corrected chi connectivity index (χ1v) is 35.2. The lowest BCUT2D eigenvalue weighted by molar-refractivity contribution is 0.305. The molecule has 0 saturated heterocycles. The number of nitrogens with two attached hydrogens (primary N) is 1. The van der Waals surface area contributed by atoms with E-state index in [0.717, 1.165) is 146 Å². The summed E-state index contributed by atoms with van der Waals surface area (Å²) in [6, 6.07) is 32.4. The van der Waals surface area contributed by atoms with Crippen molar-refractivity contribution in [1.82, 2.24) is 4.98 Å². The fraction of sp³-hybridized carbons (Fsp3) is 0.400. The van der Waals surface area contributed by atoms with Crippen LogP contribution in [0.4, 0.5) is 11.6 Å². The lowest BCUT2D eigenvalue weighted by Crippen LogP contribution is -2.18. The summed E-state index contributed by atoms with van der Waals surface area (Å²) >= 11 is 0. The third-order valence-corrected chi connectivity index (χ3v) is 17.2. The minimum absolute atomic E-state index is 0.193. The first-order chi connectivity index (χ1) is 47.2. The zero-order chi connectivity index (χ0) is 67.3. The number of fused-ring (bicyclic) bond motifs is 6. The Morgan fingerprint density at radius 2 is 0.708 bits per heavy atom. The molecule has 1 aromatic heterocycles. The SMILES string of the molecule is CCCCOc1c(C=N)c(C=Nc2[nH]c(N=C3N=C(N=Cc4c(C(=N)N)c(OCCCC)c5ccccc5c4OCCCC)c4c3c(OCCCC)c3ccccc3c4OCCCC)c3c(OCCCC)c4ccccc4c(OCCCC)c23)c(OCCCC)c2ccccc12. The minimum Gasteiger partial charge on any atom is -0.492 e. The van der Waals surface area contributed by atoms with E-state index in [9.17, 15) is 5.41 Å². The summed E-state index contributed by atoms with van der Waals surface area (Å²) in [4.78, 5) is 26.0. The molecule has 9 aromatic rings. The second-order valence-electron chi connectivity index (χ2n) is 24.3. The van der Waals surface area contributed by atoms with Gasteiger partial charge >= 0.3 is 0 Å². The van der Waals surface area contributed by atoms with Crippen LogP contribution in [0.25, 0.3) is 53.9 Å². The molecule has 0 atom stereocenters. The van der Waals surface area contributed by atoms with Crippen LogP contribution in [0, 0.1) is 10.8 Å². The van der Waals surface area contributed by atoms with Crippen molar-refractivity contribution in [3.63, 3.8) is 0 Å². The fourth-order valence-electron chi connectivity index (χ4n) is 12.0. The number of unbranched alkanes of at least 4 members (excludes halogenated alkanes) is 8. The van der Waals surface area contributed by atoms with Crippen molar-refractivity contribution in [1.29, 1.82) is 10.8 Å². The monoisotopic (exact) mass is 1300 g/mol. The van der Waals surface area contributed by atoms with E-state index in [1.54, 1.807) is 12.4 Å². The Bertz CT molecular complexity index is 4340. The Kier molecular flexibility index (Phi) is 24.8. The third-order valence-electron chi connectivity index (χ3n) is 17.2. The normalized spacial score (nSPS) is 12.7. The van der Waals surface area contributed by atoms with Crippen molar-refractivity contribution < 1.29 is 37.9 Å². The summed E-state index contributed by atoms with van der Waals surface area (Å²) in [6.07, 6.45) is 18.6. The van der Waals surface area contributed by atoms with Gasteiger partial charge < -0.3 is 54.0 Å². The molecule has 2 heterocycles. The number of hydrogen-bond acceptors (Lipinski definition) is 13. The minimum atomic E-state index is -0.193. The molecule has 16 nitrogen and oxygen atoms in total. The standard InChI is InChI=1S/C80H96N8O8/c1-9-17-41-89-68-52-33-25-26-34-53(52)69(90-42-18-10-2)61(60(68)49-81)50-84-77-64-66(74(95-47-23-15-7)58-39-31-29-37-56(58)72(64)93-45-21-13-5)79(86-77)88-80-67-65(73(94-46-22-14-6)57-38-30-32-40-59(57)75(67)96-48-24-16-8)78(87-80)85-51-62-63(76(82)83)71(92-44-20-12-4)55-36-28-27-35-54(55)70(62)91-43-19-11-3/h25-40,49-51,81,86H,9-24,41-48H2,1-8H3,(H3,82,83). The number of benzene rings is 8. The molecule has 1 aliphatic heterocycles. The second kappa shape index (κ2) is 34.3. The number of nitrogens with one attached hydrogen (secondary N) is 3. The summed E-state index contributed by atoms with van der Waals surface area (Å²) in [5, 5.41) is 26.3. The van der Waals surface area contributed by atoms with Gasteiger partial charge in [0.2, 0.25) is 0 Å². The molecule has 16 heteroatoms. The number of aromatic nitrogens is 1. The van der Waals surface area contributed by atoms with Gasteiger partial charge in [-0.15, -0.1) is 0 Å². The van der Waals surface area contributed by atoms with E-state index in [0.29, 0.717) is 166 Å². The Morgan fingerprint density at radius 1 is 0.396 bits per heavy atom. The highest BCUT2D eigenvalue weighted by Crippen LogP contribution is 2.53. The highest BCUT2D eigenvalue weighted by molar-refractivity contribution is 6.31. The second-order valence-corrected chi connectivity index (χ2v) is 24.3.